The van der Waals surface area contributed by atoms with Gasteiger partial charge < -0.3 is 19.4 Å². The fraction of sp³-hybridized carbons (Fsp3) is 0.688. The number of esters is 1. The van der Waals surface area contributed by atoms with Crippen molar-refractivity contribution >= 4 is 19.7 Å². The lowest BCUT2D eigenvalue weighted by Gasteiger charge is -2.27. The molecule has 424 valence electrons. The summed E-state index contributed by atoms with van der Waals surface area (Å²) < 4.78 is 30.6. The number of carbonyl (C=O) groups is 2. The molecule has 0 radical (unpaired) electrons. The van der Waals surface area contributed by atoms with Gasteiger partial charge in [-0.05, 0) is 102 Å². The maximum atomic E-state index is 13.5. The lowest BCUT2D eigenvalue weighted by Crippen LogP contribution is -2.47. The number of phosphoric ester groups is 1. The van der Waals surface area contributed by atoms with Crippen LogP contribution in [0.4, 0.5) is 0 Å². The molecule has 3 unspecified atom stereocenters. The van der Waals surface area contributed by atoms with Gasteiger partial charge in [0.05, 0.1) is 33.8 Å². The highest BCUT2D eigenvalue weighted by molar-refractivity contribution is 7.47. The lowest BCUT2D eigenvalue weighted by atomic mass is 10.1. The summed E-state index contributed by atoms with van der Waals surface area (Å²) in [6.07, 6.45) is 72.5. The zero-order chi connectivity index (χ0) is 54.3. The maximum absolute atomic E-state index is 13.5. The van der Waals surface area contributed by atoms with E-state index in [1.165, 1.54) is 89.9 Å². The van der Waals surface area contributed by atoms with Gasteiger partial charge in [0.1, 0.15) is 19.3 Å². The molecule has 1 amide bonds. The molecule has 0 aromatic heterocycles. The maximum Gasteiger partial charge on any atom is 0.472 e. The molecule has 2 N–H and O–H groups in total. The molecule has 0 aliphatic rings. The number of ether oxygens (including phenoxy) is 1. The summed E-state index contributed by atoms with van der Waals surface area (Å²) in [6.45, 7) is 6.80. The quantitative estimate of drug-likeness (QED) is 0.0205. The Morgan fingerprint density at radius 3 is 1.32 bits per heavy atom. The minimum Gasteiger partial charge on any atom is -0.456 e. The monoisotopic (exact) mass is 1050 g/mol. The summed E-state index contributed by atoms with van der Waals surface area (Å²) in [4.78, 5) is 37.6. The predicted molar refractivity (Wildman–Crippen MR) is 318 cm³/mol. The number of allylic oxidation sites excluding steroid dienone is 17. The standard InChI is InChI=1S/C64H111N2O7P/c1-7-10-13-16-19-22-25-28-29-30-31-32-33-34-35-36-37-39-42-45-48-51-54-57-64(68)73-62(55-52-49-46-43-40-27-24-21-18-15-12-9-3)61(60-72-74(69,70)71-59-58-66(4,5)6)65-63(67)56-53-50-47-44-41-38-26-23-20-17-14-11-8-2/h10,13,19,22,28-29,31-32,34-35,37-39,41,47,50,52,55,61-62H,7-9,11-12,14-18,20-21,23-27,30,33,36,40,42-46,48-49,51,53-54,56-60H2,1-6H3,(H-,65,67,69,70)/p+1/b13-10-,22-19-,29-28-,32-31-,35-34-,39-37-,41-38-,50-47+,55-52-. The van der Waals surface area contributed by atoms with E-state index < -0.39 is 20.0 Å². The molecule has 0 rings (SSSR count). The van der Waals surface area contributed by atoms with Gasteiger partial charge in [0.25, 0.3) is 0 Å². The van der Waals surface area contributed by atoms with Crippen LogP contribution in [0.3, 0.4) is 0 Å². The number of hydrogen-bond acceptors (Lipinski definition) is 6. The van der Waals surface area contributed by atoms with Gasteiger partial charge in [-0.15, -0.1) is 0 Å². The third-order valence-electron chi connectivity index (χ3n) is 12.5. The van der Waals surface area contributed by atoms with Crippen LogP contribution in [-0.4, -0.2) is 74.3 Å². The van der Waals surface area contributed by atoms with Crippen molar-refractivity contribution in [2.75, 3.05) is 40.9 Å². The third kappa shape index (κ3) is 53.5. The second kappa shape index (κ2) is 53.1. The van der Waals surface area contributed by atoms with Gasteiger partial charge in [-0.1, -0.05) is 227 Å². The molecule has 0 bridgehead atoms. The molecule has 0 heterocycles. The van der Waals surface area contributed by atoms with Crippen LogP contribution < -0.4 is 5.32 Å². The first-order valence-corrected chi connectivity index (χ1v) is 31.2. The van der Waals surface area contributed by atoms with Crippen molar-refractivity contribution in [2.24, 2.45) is 0 Å². The predicted octanol–water partition coefficient (Wildman–Crippen LogP) is 18.2. The van der Waals surface area contributed by atoms with Gasteiger partial charge >= 0.3 is 13.8 Å². The molecule has 0 saturated carbocycles. The normalized spacial score (nSPS) is 14.5. The van der Waals surface area contributed by atoms with Crippen molar-refractivity contribution in [1.82, 2.24) is 5.32 Å². The molecule has 0 aromatic rings. The first-order valence-electron chi connectivity index (χ1n) is 29.7. The van der Waals surface area contributed by atoms with Gasteiger partial charge in [-0.3, -0.25) is 18.6 Å². The topological polar surface area (TPSA) is 111 Å². The van der Waals surface area contributed by atoms with E-state index in [-0.39, 0.29) is 37.9 Å². The minimum atomic E-state index is -4.47. The number of phosphoric acid groups is 1. The number of nitrogens with one attached hydrogen (secondary N) is 1. The Morgan fingerprint density at radius 2 is 0.878 bits per heavy atom. The molecule has 0 fully saturated rings. The Balaban J connectivity index is 5.37. The highest BCUT2D eigenvalue weighted by Gasteiger charge is 2.30. The molecule has 0 aromatic carbocycles. The summed E-state index contributed by atoms with van der Waals surface area (Å²) >= 11 is 0. The van der Waals surface area contributed by atoms with Crippen molar-refractivity contribution in [3.8, 4) is 0 Å². The first kappa shape index (κ1) is 70.7. The lowest BCUT2D eigenvalue weighted by molar-refractivity contribution is -0.870. The summed E-state index contributed by atoms with van der Waals surface area (Å²) in [7, 11) is 1.43. The third-order valence-corrected chi connectivity index (χ3v) is 13.4. The van der Waals surface area contributed by atoms with Gasteiger partial charge in [-0.25, -0.2) is 4.57 Å². The van der Waals surface area contributed by atoms with E-state index in [0.29, 0.717) is 23.9 Å². The van der Waals surface area contributed by atoms with Crippen LogP contribution in [0.1, 0.15) is 233 Å². The molecule has 10 heteroatoms. The van der Waals surface area contributed by atoms with E-state index in [2.05, 4.69) is 117 Å². The average molecular weight is 1050 g/mol. The van der Waals surface area contributed by atoms with Crippen LogP contribution in [0.15, 0.2) is 109 Å². The van der Waals surface area contributed by atoms with Gasteiger partial charge in [0, 0.05) is 12.8 Å². The molecular formula is C64H112N2O7P+. The Bertz CT molecular complexity index is 1640. The molecule has 0 saturated heterocycles. The van der Waals surface area contributed by atoms with E-state index in [1.807, 2.05) is 39.4 Å². The number of likely N-dealkylation sites (N-methyl/N-ethyl adjacent to an activating group) is 1. The van der Waals surface area contributed by atoms with E-state index >= 15 is 0 Å². The van der Waals surface area contributed by atoms with Crippen molar-refractivity contribution in [3.63, 3.8) is 0 Å². The van der Waals surface area contributed by atoms with E-state index in [9.17, 15) is 19.0 Å². The van der Waals surface area contributed by atoms with Crippen LogP contribution in [0, 0.1) is 0 Å². The summed E-state index contributed by atoms with van der Waals surface area (Å²) in [6, 6.07) is -0.895. The zero-order valence-electron chi connectivity index (χ0n) is 48.3. The Kier molecular flexibility index (Phi) is 50.7. The van der Waals surface area contributed by atoms with Crippen LogP contribution in [-0.2, 0) is 27.9 Å². The number of nitrogens with zero attached hydrogens (tertiary/aromatic N) is 1. The van der Waals surface area contributed by atoms with Crippen molar-refractivity contribution < 1.29 is 37.3 Å². The van der Waals surface area contributed by atoms with Crippen LogP contribution >= 0.6 is 7.82 Å². The largest absolute Gasteiger partial charge is 0.472 e. The number of rotatable bonds is 52. The highest BCUT2D eigenvalue weighted by Crippen LogP contribution is 2.43. The fourth-order valence-corrected chi connectivity index (χ4v) is 8.61. The average Bonchev–Trinajstić information content (AvgIpc) is 3.36. The molecule has 0 aliphatic carbocycles. The smallest absolute Gasteiger partial charge is 0.456 e. The molecule has 0 aliphatic heterocycles. The number of quaternary nitrogens is 1. The van der Waals surface area contributed by atoms with Crippen LogP contribution in [0.2, 0.25) is 0 Å². The SMILES string of the molecule is CC/C=C\C/C=C\C/C=C\C/C=C\C/C=C\C/C=C\CCCCCCC(=O)OC(/C=C\CCCCCCCCCCCC)C(COP(=O)(O)OCC[N+](C)(C)C)NC(=O)CC/C=C/C/C=C\CCCCCCCC. The highest BCUT2D eigenvalue weighted by atomic mass is 31.2. The molecule has 0 spiro atoms. The molecular weight excluding hydrogens is 940 g/mol. The number of unbranched alkanes of at least 4 members (excludes halogenated alkanes) is 20. The van der Waals surface area contributed by atoms with Gasteiger partial charge in [0.15, 0.2) is 0 Å². The van der Waals surface area contributed by atoms with Crippen LogP contribution in [0.25, 0.3) is 0 Å². The molecule has 3 atom stereocenters. The molecule has 9 nitrogen and oxygen atoms in total. The Labute approximate surface area is 455 Å². The summed E-state index contributed by atoms with van der Waals surface area (Å²) in [5.74, 6) is -0.620. The second-order valence-electron chi connectivity index (χ2n) is 20.8. The zero-order valence-corrected chi connectivity index (χ0v) is 49.2. The number of carbonyl (C=O) groups excluding carboxylic acids is 2. The first-order chi connectivity index (χ1) is 35.9. The minimum absolute atomic E-state index is 0.0213. The Morgan fingerprint density at radius 1 is 0.486 bits per heavy atom. The summed E-state index contributed by atoms with van der Waals surface area (Å²) in [5, 5.41) is 3.00. The number of hydrogen-bond donors (Lipinski definition) is 2. The van der Waals surface area contributed by atoms with Crippen molar-refractivity contribution in [1.29, 1.82) is 0 Å². The van der Waals surface area contributed by atoms with E-state index in [4.69, 9.17) is 13.8 Å². The van der Waals surface area contributed by atoms with Gasteiger partial charge in [-0.2, -0.15) is 0 Å². The van der Waals surface area contributed by atoms with E-state index in [1.54, 1.807) is 0 Å². The summed E-state index contributed by atoms with van der Waals surface area (Å²) in [5.41, 5.74) is 0. The van der Waals surface area contributed by atoms with Gasteiger partial charge in [0.2, 0.25) is 5.91 Å². The number of amides is 1. The fourth-order valence-electron chi connectivity index (χ4n) is 7.87. The van der Waals surface area contributed by atoms with Crippen molar-refractivity contribution in [2.45, 2.75) is 245 Å². The second-order valence-corrected chi connectivity index (χ2v) is 22.2. The van der Waals surface area contributed by atoms with Crippen molar-refractivity contribution in [3.05, 3.63) is 109 Å². The molecule has 74 heavy (non-hydrogen) atoms. The Hall–Kier alpha value is -3.33. The van der Waals surface area contributed by atoms with E-state index in [0.717, 1.165) is 96.3 Å². The van der Waals surface area contributed by atoms with Crippen LogP contribution in [0.5, 0.6) is 0 Å².